The molecule has 2 N–H and O–H groups in total. The normalized spacial score (nSPS) is 16.5. The Kier molecular flexibility index (Phi) is 18.4. The van der Waals surface area contributed by atoms with Gasteiger partial charge in [0.05, 0.1) is 12.4 Å². The molecule has 0 bridgehead atoms. The number of ether oxygens (including phenoxy) is 2. The molecular weight excluding hydrogens is 653 g/mol. The molecule has 1 aliphatic rings. The van der Waals surface area contributed by atoms with Gasteiger partial charge in [-0.25, -0.2) is 13.2 Å². The fourth-order valence-corrected chi connectivity index (χ4v) is 6.44. The Balaban J connectivity index is 0.000000979. The van der Waals surface area contributed by atoms with Gasteiger partial charge >= 0.3 is 5.97 Å². The number of nitrogens with zero attached hydrogens (tertiary/aromatic N) is 1. The first-order valence-electron chi connectivity index (χ1n) is 17.3. The fraction of sp³-hybridized carbons (Fsp3) is 0.500. The summed E-state index contributed by atoms with van der Waals surface area (Å²) in [6.45, 7) is 9.93. The molecule has 276 valence electrons. The van der Waals surface area contributed by atoms with Crippen molar-refractivity contribution in [3.8, 4) is 11.1 Å². The Morgan fingerprint density at radius 2 is 1.52 bits per heavy atom. The molecule has 3 atom stereocenters. The molecule has 4 rings (SSSR count). The maximum atomic E-state index is 13.5. The number of aryl methyl sites for hydroxylation is 1. The zero-order chi connectivity index (χ0) is 37.3. The second-order valence-electron chi connectivity index (χ2n) is 13.4. The number of nitrogens with one attached hydrogen (secondary N) is 1. The van der Waals surface area contributed by atoms with Gasteiger partial charge in [0.25, 0.3) is 5.91 Å². The van der Waals surface area contributed by atoms with E-state index in [4.69, 9.17) is 4.74 Å². The van der Waals surface area contributed by atoms with Crippen molar-refractivity contribution in [2.75, 3.05) is 39.9 Å². The Labute approximate surface area is 300 Å². The van der Waals surface area contributed by atoms with Crippen LogP contribution in [0, 0.1) is 12.8 Å². The number of benzene rings is 3. The van der Waals surface area contributed by atoms with Crippen molar-refractivity contribution in [2.24, 2.45) is 5.92 Å². The topological polar surface area (TPSA) is 122 Å². The van der Waals surface area contributed by atoms with Crippen LogP contribution in [0.5, 0.6) is 0 Å². The van der Waals surface area contributed by atoms with Crippen LogP contribution >= 0.6 is 0 Å². The van der Waals surface area contributed by atoms with E-state index in [0.29, 0.717) is 30.3 Å². The van der Waals surface area contributed by atoms with Gasteiger partial charge < -0.3 is 19.9 Å². The number of likely N-dealkylation sites (tertiary alicyclic amines) is 1. The van der Waals surface area contributed by atoms with E-state index in [0.717, 1.165) is 48.1 Å². The first-order valence-corrected chi connectivity index (χ1v) is 19.4. The van der Waals surface area contributed by atoms with Crippen LogP contribution in [0.2, 0.25) is 0 Å². The second kappa shape index (κ2) is 21.6. The lowest BCUT2D eigenvalue weighted by molar-refractivity contribution is -0.139. The van der Waals surface area contributed by atoms with E-state index in [9.17, 15) is 23.1 Å². The van der Waals surface area contributed by atoms with Crippen LogP contribution in [0.25, 0.3) is 11.1 Å². The molecule has 0 saturated carbocycles. The third-order valence-electron chi connectivity index (χ3n) is 8.77. The largest absolute Gasteiger partial charge is 0.480 e. The number of methoxy groups -OCH3 is 2. The molecule has 0 spiro atoms. The average molecular weight is 711 g/mol. The van der Waals surface area contributed by atoms with Gasteiger partial charge in [0.1, 0.15) is 15.9 Å². The van der Waals surface area contributed by atoms with Crippen molar-refractivity contribution in [3.05, 3.63) is 95.1 Å². The smallest absolute Gasteiger partial charge is 0.326 e. The van der Waals surface area contributed by atoms with Gasteiger partial charge in [0.15, 0.2) is 0 Å². The summed E-state index contributed by atoms with van der Waals surface area (Å²) in [5.41, 5.74) is 5.24. The Hall–Kier alpha value is -3.57. The summed E-state index contributed by atoms with van der Waals surface area (Å²) in [6.07, 6.45) is 5.19. The molecule has 10 heteroatoms. The molecule has 3 aromatic carbocycles. The van der Waals surface area contributed by atoms with Gasteiger partial charge in [0, 0.05) is 51.8 Å². The SMILES string of the molecule is CCC(C)C.COC.COCC1CCC(Cc2ccccc2)N1Cc1ccc(C(=O)NC(CCS(C)(=O)=O)C(=O)O)c(-c2ccccc2C)c1. The van der Waals surface area contributed by atoms with Crippen molar-refractivity contribution in [1.29, 1.82) is 0 Å². The van der Waals surface area contributed by atoms with E-state index in [1.807, 2.05) is 49.4 Å². The maximum Gasteiger partial charge on any atom is 0.326 e. The number of sulfone groups is 1. The highest BCUT2D eigenvalue weighted by atomic mass is 32.2. The minimum Gasteiger partial charge on any atom is -0.480 e. The Morgan fingerprint density at radius 1 is 0.920 bits per heavy atom. The number of carboxylic acids is 1. The van der Waals surface area contributed by atoms with E-state index in [1.165, 1.54) is 12.0 Å². The fourth-order valence-electron chi connectivity index (χ4n) is 5.77. The maximum absolute atomic E-state index is 13.5. The highest BCUT2D eigenvalue weighted by molar-refractivity contribution is 7.90. The summed E-state index contributed by atoms with van der Waals surface area (Å²) in [5, 5.41) is 12.2. The van der Waals surface area contributed by atoms with Gasteiger partial charge in [0.2, 0.25) is 0 Å². The van der Waals surface area contributed by atoms with E-state index in [-0.39, 0.29) is 18.2 Å². The first-order chi connectivity index (χ1) is 23.7. The molecule has 3 unspecified atom stereocenters. The number of carboxylic acid groups (broad SMARTS) is 1. The van der Waals surface area contributed by atoms with Crippen molar-refractivity contribution < 1.29 is 32.6 Å². The zero-order valence-corrected chi connectivity index (χ0v) is 32.0. The summed E-state index contributed by atoms with van der Waals surface area (Å²) < 4.78 is 33.1. The van der Waals surface area contributed by atoms with E-state index in [1.54, 1.807) is 27.4 Å². The molecule has 0 aromatic heterocycles. The van der Waals surface area contributed by atoms with Crippen molar-refractivity contribution in [3.63, 3.8) is 0 Å². The third kappa shape index (κ3) is 14.3. The lowest BCUT2D eigenvalue weighted by Crippen LogP contribution is -2.42. The van der Waals surface area contributed by atoms with Crippen LogP contribution in [0.3, 0.4) is 0 Å². The summed E-state index contributed by atoms with van der Waals surface area (Å²) >= 11 is 0. The lowest BCUT2D eigenvalue weighted by Gasteiger charge is -2.30. The number of amides is 1. The number of carbonyl (C=O) groups is 2. The minimum atomic E-state index is -3.39. The Bertz CT molecular complexity index is 1580. The molecular formula is C40H58N2O7S. The number of rotatable bonds is 14. The molecule has 1 saturated heterocycles. The summed E-state index contributed by atoms with van der Waals surface area (Å²) in [5.74, 6) is -1.28. The van der Waals surface area contributed by atoms with Gasteiger partial charge in [-0.15, -0.1) is 0 Å². The lowest BCUT2D eigenvalue weighted by atomic mass is 9.93. The van der Waals surface area contributed by atoms with E-state index >= 15 is 0 Å². The molecule has 1 heterocycles. The first kappa shape index (κ1) is 42.6. The molecule has 3 aromatic rings. The molecule has 50 heavy (non-hydrogen) atoms. The molecule has 0 aliphatic carbocycles. The average Bonchev–Trinajstić information content (AvgIpc) is 3.43. The standard InChI is InChI=1S/C33H40N2O6S.C5H12.C2H6O/c1-23-9-7-8-12-28(23)30-20-25(13-16-29(30)32(36)34-31(33(37)38)17-18-42(3,39)40)21-35-26(14-15-27(35)22-41-2)19-24-10-5-4-6-11-24;1-4-5(2)3;1-3-2/h4-13,16,20,26-27,31H,14-15,17-19,21-22H2,1-3H3,(H,34,36)(H,37,38);5H,4H2,1-3H3;1-2H3. The molecule has 1 fully saturated rings. The number of hydrogen-bond acceptors (Lipinski definition) is 7. The van der Waals surface area contributed by atoms with Crippen LogP contribution in [0.1, 0.15) is 73.5 Å². The van der Waals surface area contributed by atoms with E-state index < -0.39 is 27.8 Å². The predicted octanol–water partition coefficient (Wildman–Crippen LogP) is 6.82. The summed E-state index contributed by atoms with van der Waals surface area (Å²) in [4.78, 5) is 27.8. The monoisotopic (exact) mass is 710 g/mol. The van der Waals surface area contributed by atoms with Crippen LogP contribution < -0.4 is 5.32 Å². The van der Waals surface area contributed by atoms with E-state index in [2.05, 4.69) is 60.0 Å². The van der Waals surface area contributed by atoms with Gasteiger partial charge in [-0.05, 0) is 78.5 Å². The molecule has 0 radical (unpaired) electrons. The predicted molar refractivity (Wildman–Crippen MR) is 202 cm³/mol. The number of carbonyl (C=O) groups excluding carboxylic acids is 1. The summed E-state index contributed by atoms with van der Waals surface area (Å²) in [6, 6.07) is 23.2. The third-order valence-corrected chi connectivity index (χ3v) is 9.75. The summed E-state index contributed by atoms with van der Waals surface area (Å²) in [7, 11) is 1.59. The molecule has 9 nitrogen and oxygen atoms in total. The van der Waals surface area contributed by atoms with Gasteiger partial charge in [-0.1, -0.05) is 87.9 Å². The highest BCUT2D eigenvalue weighted by Gasteiger charge is 2.33. The van der Waals surface area contributed by atoms with Gasteiger partial charge in [-0.3, -0.25) is 9.69 Å². The Morgan fingerprint density at radius 3 is 2.08 bits per heavy atom. The minimum absolute atomic E-state index is 0.212. The number of hydrogen-bond donors (Lipinski definition) is 2. The molecule has 1 amide bonds. The number of aliphatic carboxylic acids is 1. The highest BCUT2D eigenvalue weighted by Crippen LogP contribution is 2.32. The van der Waals surface area contributed by atoms with Crippen molar-refractivity contribution in [2.45, 2.75) is 84.5 Å². The second-order valence-corrected chi connectivity index (χ2v) is 15.7. The van der Waals surface area contributed by atoms with Gasteiger partial charge in [-0.2, -0.15) is 0 Å². The van der Waals surface area contributed by atoms with Crippen LogP contribution in [-0.2, 0) is 37.1 Å². The molecule has 1 aliphatic heterocycles. The van der Waals surface area contributed by atoms with Crippen molar-refractivity contribution >= 4 is 21.7 Å². The van der Waals surface area contributed by atoms with Crippen LogP contribution in [0.4, 0.5) is 0 Å². The van der Waals surface area contributed by atoms with Crippen molar-refractivity contribution in [1.82, 2.24) is 10.2 Å². The van der Waals surface area contributed by atoms with Crippen LogP contribution in [-0.4, -0.2) is 88.4 Å². The van der Waals surface area contributed by atoms with Crippen LogP contribution in [0.15, 0.2) is 72.8 Å². The quantitative estimate of drug-likeness (QED) is 0.187. The zero-order valence-electron chi connectivity index (χ0n) is 31.1.